The van der Waals surface area contributed by atoms with E-state index in [0.717, 1.165) is 51.7 Å². The Hall–Kier alpha value is -0.380. The Morgan fingerprint density at radius 3 is 2.78 bits per heavy atom. The van der Waals surface area contributed by atoms with Crippen molar-refractivity contribution in [2.45, 2.75) is 57.3 Å². The van der Waals surface area contributed by atoms with E-state index in [1.54, 1.807) is 0 Å². The van der Waals surface area contributed by atoms with Gasteiger partial charge in [0.25, 0.3) is 0 Å². The number of hydrogen-bond acceptors (Lipinski definition) is 3. The van der Waals surface area contributed by atoms with Crippen molar-refractivity contribution in [3.8, 4) is 0 Å². The highest BCUT2D eigenvalue weighted by molar-refractivity contribution is 5.24. The summed E-state index contributed by atoms with van der Waals surface area (Å²) in [6.07, 6.45) is 9.10. The zero-order valence-corrected chi connectivity index (χ0v) is 11.5. The summed E-state index contributed by atoms with van der Waals surface area (Å²) in [7, 11) is 1.84. The van der Waals surface area contributed by atoms with Gasteiger partial charge in [0.15, 0.2) is 5.79 Å². The predicted octanol–water partition coefficient (Wildman–Crippen LogP) is 3.05. The fourth-order valence-corrected chi connectivity index (χ4v) is 3.83. The second-order valence-electron chi connectivity index (χ2n) is 6.09. The van der Waals surface area contributed by atoms with Crippen LogP contribution in [0.1, 0.15) is 45.4 Å². The molecule has 0 unspecified atom stereocenters. The summed E-state index contributed by atoms with van der Waals surface area (Å²) in [5.74, 6) is -0.320. The van der Waals surface area contributed by atoms with Crippen LogP contribution < -0.4 is 0 Å². The highest BCUT2D eigenvalue weighted by Crippen LogP contribution is 2.52. The Morgan fingerprint density at radius 1 is 1.28 bits per heavy atom. The maximum atomic E-state index is 5.97. The van der Waals surface area contributed by atoms with Gasteiger partial charge in [-0.15, -0.1) is 0 Å². The van der Waals surface area contributed by atoms with Gasteiger partial charge in [-0.05, 0) is 25.7 Å². The third-order valence-corrected chi connectivity index (χ3v) is 5.05. The van der Waals surface area contributed by atoms with Crippen LogP contribution >= 0.6 is 0 Å². The number of fused-ring (bicyclic) bond motifs is 1. The molecule has 1 spiro atoms. The summed E-state index contributed by atoms with van der Waals surface area (Å²) >= 11 is 0. The van der Waals surface area contributed by atoms with Crippen molar-refractivity contribution in [1.29, 1.82) is 0 Å². The number of hydrogen-bond donors (Lipinski definition) is 0. The minimum absolute atomic E-state index is 0.197. The molecule has 0 aromatic carbocycles. The van der Waals surface area contributed by atoms with Crippen molar-refractivity contribution in [3.05, 3.63) is 11.6 Å². The molecule has 1 aliphatic heterocycles. The van der Waals surface area contributed by atoms with Crippen molar-refractivity contribution in [1.82, 2.24) is 0 Å². The summed E-state index contributed by atoms with van der Waals surface area (Å²) in [4.78, 5) is 0. The predicted molar refractivity (Wildman–Crippen MR) is 69.3 cm³/mol. The summed E-state index contributed by atoms with van der Waals surface area (Å²) in [5.41, 5.74) is 1.69. The van der Waals surface area contributed by atoms with Crippen LogP contribution in [0.2, 0.25) is 0 Å². The van der Waals surface area contributed by atoms with Gasteiger partial charge in [-0.2, -0.15) is 0 Å². The molecule has 0 radical (unpaired) electrons. The van der Waals surface area contributed by atoms with Gasteiger partial charge in [0.2, 0.25) is 0 Å². The maximum absolute atomic E-state index is 5.97. The lowest BCUT2D eigenvalue weighted by atomic mass is 9.63. The van der Waals surface area contributed by atoms with Crippen molar-refractivity contribution in [3.63, 3.8) is 0 Å². The quantitative estimate of drug-likeness (QED) is 0.671. The largest absolute Gasteiger partial charge is 0.381 e. The van der Waals surface area contributed by atoms with Crippen LogP contribution in [0, 0.1) is 5.41 Å². The molecular formula is C15H24O3. The Labute approximate surface area is 109 Å². The van der Waals surface area contributed by atoms with Crippen molar-refractivity contribution in [2.24, 2.45) is 5.41 Å². The third kappa shape index (κ3) is 1.93. The minimum Gasteiger partial charge on any atom is -0.381 e. The van der Waals surface area contributed by atoms with E-state index >= 15 is 0 Å². The molecule has 3 heteroatoms. The fraction of sp³-hybridized carbons (Fsp3) is 0.867. The van der Waals surface area contributed by atoms with E-state index in [-0.39, 0.29) is 11.2 Å². The first kappa shape index (κ1) is 12.6. The van der Waals surface area contributed by atoms with E-state index in [1.807, 2.05) is 7.11 Å². The standard InChI is InChI=1S/C15H24O3/c1-14-7-8-15(17-9-4-10-18-15)11-12(14)5-3-6-13(14)16-2/h5,13H,3-4,6-11H2,1-2H3/t13-,14-/m0/s1. The Morgan fingerprint density at radius 2 is 2.06 bits per heavy atom. The highest BCUT2D eigenvalue weighted by atomic mass is 16.7. The molecule has 0 aromatic rings. The number of allylic oxidation sites excluding steroid dienone is 1. The van der Waals surface area contributed by atoms with Crippen LogP contribution in [0.5, 0.6) is 0 Å². The Balaban J connectivity index is 1.82. The molecule has 2 atom stereocenters. The Bertz CT molecular complexity index is 344. The van der Waals surface area contributed by atoms with E-state index in [0.29, 0.717) is 6.10 Å². The average molecular weight is 252 g/mol. The lowest BCUT2D eigenvalue weighted by Crippen LogP contribution is -2.51. The number of methoxy groups -OCH3 is 1. The number of rotatable bonds is 1. The number of ether oxygens (including phenoxy) is 3. The minimum atomic E-state index is -0.320. The van der Waals surface area contributed by atoms with Crippen molar-refractivity contribution < 1.29 is 14.2 Å². The second kappa shape index (κ2) is 4.62. The van der Waals surface area contributed by atoms with Gasteiger partial charge in [0, 0.05) is 25.4 Å². The molecule has 0 aromatic heterocycles. The lowest BCUT2D eigenvalue weighted by molar-refractivity contribution is -0.281. The smallest absolute Gasteiger partial charge is 0.171 e. The van der Waals surface area contributed by atoms with Crippen LogP contribution in [0.25, 0.3) is 0 Å². The van der Waals surface area contributed by atoms with Gasteiger partial charge in [0.1, 0.15) is 0 Å². The average Bonchev–Trinajstić information content (AvgIpc) is 2.40. The van der Waals surface area contributed by atoms with Crippen LogP contribution in [-0.2, 0) is 14.2 Å². The van der Waals surface area contributed by atoms with E-state index < -0.39 is 0 Å². The van der Waals surface area contributed by atoms with Gasteiger partial charge in [-0.1, -0.05) is 18.6 Å². The van der Waals surface area contributed by atoms with Crippen molar-refractivity contribution in [2.75, 3.05) is 20.3 Å². The molecule has 0 amide bonds. The van der Waals surface area contributed by atoms with E-state index in [1.165, 1.54) is 5.57 Å². The van der Waals surface area contributed by atoms with E-state index in [2.05, 4.69) is 13.0 Å². The summed E-state index contributed by atoms with van der Waals surface area (Å²) < 4.78 is 17.6. The molecule has 0 bridgehead atoms. The Kier molecular flexibility index (Phi) is 3.25. The first-order chi connectivity index (χ1) is 8.69. The fourth-order valence-electron chi connectivity index (χ4n) is 3.83. The van der Waals surface area contributed by atoms with Gasteiger partial charge in [-0.3, -0.25) is 0 Å². The maximum Gasteiger partial charge on any atom is 0.171 e. The zero-order chi connectivity index (χ0) is 12.6. The lowest BCUT2D eigenvalue weighted by Gasteiger charge is -2.51. The zero-order valence-electron chi connectivity index (χ0n) is 11.5. The van der Waals surface area contributed by atoms with Crippen LogP contribution in [0.4, 0.5) is 0 Å². The summed E-state index contributed by atoms with van der Waals surface area (Å²) in [5, 5.41) is 0. The van der Waals surface area contributed by atoms with Gasteiger partial charge in [0.05, 0.1) is 19.3 Å². The first-order valence-electron chi connectivity index (χ1n) is 7.19. The third-order valence-electron chi connectivity index (χ3n) is 5.05. The van der Waals surface area contributed by atoms with Crippen LogP contribution in [0.3, 0.4) is 0 Å². The van der Waals surface area contributed by atoms with Gasteiger partial charge >= 0.3 is 0 Å². The molecule has 1 saturated carbocycles. The molecule has 3 rings (SSSR count). The topological polar surface area (TPSA) is 27.7 Å². The van der Waals surface area contributed by atoms with E-state index in [9.17, 15) is 0 Å². The normalized spacial score (nSPS) is 39.2. The molecule has 2 aliphatic carbocycles. The molecule has 1 saturated heterocycles. The second-order valence-corrected chi connectivity index (χ2v) is 6.09. The van der Waals surface area contributed by atoms with Gasteiger partial charge in [-0.25, -0.2) is 0 Å². The molecule has 3 nitrogen and oxygen atoms in total. The molecule has 2 fully saturated rings. The monoisotopic (exact) mass is 252 g/mol. The molecule has 102 valence electrons. The van der Waals surface area contributed by atoms with E-state index in [4.69, 9.17) is 14.2 Å². The summed E-state index contributed by atoms with van der Waals surface area (Å²) in [6, 6.07) is 0. The molecular weight excluding hydrogens is 228 g/mol. The SMILES string of the molecule is CO[C@H]1CCC=C2CC3(CC[C@@]21C)OCCCO3. The molecule has 18 heavy (non-hydrogen) atoms. The van der Waals surface area contributed by atoms with Gasteiger partial charge < -0.3 is 14.2 Å². The molecule has 0 N–H and O–H groups in total. The summed E-state index contributed by atoms with van der Waals surface area (Å²) in [6.45, 7) is 4.04. The molecule has 3 aliphatic rings. The molecule has 1 heterocycles. The highest BCUT2D eigenvalue weighted by Gasteiger charge is 2.50. The van der Waals surface area contributed by atoms with Crippen LogP contribution in [0.15, 0.2) is 11.6 Å². The van der Waals surface area contributed by atoms with Crippen molar-refractivity contribution >= 4 is 0 Å². The van der Waals surface area contributed by atoms with Crippen LogP contribution in [-0.4, -0.2) is 32.2 Å². The first-order valence-corrected chi connectivity index (χ1v) is 7.19.